The van der Waals surface area contributed by atoms with Gasteiger partial charge in [-0.3, -0.25) is 4.98 Å². The van der Waals surface area contributed by atoms with Crippen molar-refractivity contribution < 1.29 is 8.42 Å². The summed E-state index contributed by atoms with van der Waals surface area (Å²) in [4.78, 5) is 4.31. The van der Waals surface area contributed by atoms with Crippen LogP contribution in [0.15, 0.2) is 53.7 Å². The smallest absolute Gasteiger partial charge is 0.241 e. The van der Waals surface area contributed by atoms with E-state index in [0.717, 1.165) is 11.1 Å². The van der Waals surface area contributed by atoms with Gasteiger partial charge in [0.2, 0.25) is 10.0 Å². The summed E-state index contributed by atoms with van der Waals surface area (Å²) >= 11 is 0. The molecule has 0 aliphatic carbocycles. The summed E-state index contributed by atoms with van der Waals surface area (Å²) < 4.78 is 27.0. The molecule has 0 amide bonds. The molecule has 1 heterocycles. The minimum absolute atomic E-state index is 0.264. The van der Waals surface area contributed by atoms with Gasteiger partial charge in [-0.15, -0.1) is 0 Å². The van der Waals surface area contributed by atoms with E-state index in [1.807, 2.05) is 32.9 Å². The summed E-state index contributed by atoms with van der Waals surface area (Å²) in [6.45, 7) is 5.44. The van der Waals surface area contributed by atoms with Gasteiger partial charge < -0.3 is 0 Å². The first kappa shape index (κ1) is 14.7. The normalized spacial score (nSPS) is 12.3. The van der Waals surface area contributed by atoms with Crippen LogP contribution in [0.5, 0.6) is 0 Å². The van der Waals surface area contributed by atoms with Gasteiger partial charge in [0.15, 0.2) is 0 Å². The second kappa shape index (κ2) is 5.34. The third-order valence-corrected chi connectivity index (χ3v) is 4.37. The van der Waals surface area contributed by atoms with Gasteiger partial charge >= 0.3 is 0 Å². The molecule has 0 spiro atoms. The fraction of sp³-hybridized carbons (Fsp3) is 0.267. The Morgan fingerprint density at radius 3 is 2.15 bits per heavy atom. The number of rotatable bonds is 3. The molecule has 4 nitrogen and oxygen atoms in total. The standard InChI is InChI=1S/C15H18N2O2S/c1-15(2,3)17-20(18,19)14-8-6-12(7-9-14)13-5-4-10-16-11-13/h4-11,17H,1-3H3. The fourth-order valence-electron chi connectivity index (χ4n) is 1.82. The maximum atomic E-state index is 12.2. The monoisotopic (exact) mass is 290 g/mol. The summed E-state index contributed by atoms with van der Waals surface area (Å²) in [5, 5.41) is 0. The maximum absolute atomic E-state index is 12.2. The molecule has 0 saturated heterocycles. The maximum Gasteiger partial charge on any atom is 0.241 e. The van der Waals surface area contributed by atoms with Gasteiger partial charge in [-0.2, -0.15) is 0 Å². The lowest BCUT2D eigenvalue weighted by Gasteiger charge is -2.20. The molecule has 2 rings (SSSR count). The van der Waals surface area contributed by atoms with E-state index >= 15 is 0 Å². The van der Waals surface area contributed by atoms with E-state index in [0.29, 0.717) is 0 Å². The van der Waals surface area contributed by atoms with Gasteiger partial charge in [-0.25, -0.2) is 13.1 Å². The molecular weight excluding hydrogens is 272 g/mol. The Morgan fingerprint density at radius 1 is 1.00 bits per heavy atom. The minimum atomic E-state index is -3.48. The molecule has 0 aliphatic heterocycles. The topological polar surface area (TPSA) is 59.1 Å². The highest BCUT2D eigenvalue weighted by atomic mass is 32.2. The van der Waals surface area contributed by atoms with E-state index in [2.05, 4.69) is 9.71 Å². The zero-order valence-corrected chi connectivity index (χ0v) is 12.6. The molecule has 0 aliphatic rings. The molecule has 1 aromatic carbocycles. The van der Waals surface area contributed by atoms with Gasteiger partial charge in [0.1, 0.15) is 0 Å². The highest BCUT2D eigenvalue weighted by Crippen LogP contribution is 2.21. The summed E-state index contributed by atoms with van der Waals surface area (Å²) in [6.07, 6.45) is 3.45. The Bertz CT molecular complexity index is 672. The molecule has 2 aromatic rings. The van der Waals surface area contributed by atoms with E-state index < -0.39 is 15.6 Å². The molecule has 0 radical (unpaired) electrons. The lowest BCUT2D eigenvalue weighted by molar-refractivity contribution is 0.491. The number of aromatic nitrogens is 1. The van der Waals surface area contributed by atoms with E-state index in [4.69, 9.17) is 0 Å². The number of nitrogens with one attached hydrogen (secondary N) is 1. The first-order chi connectivity index (χ1) is 9.28. The van der Waals surface area contributed by atoms with Crippen molar-refractivity contribution in [3.8, 4) is 11.1 Å². The van der Waals surface area contributed by atoms with Crippen LogP contribution in [0, 0.1) is 0 Å². The highest BCUT2D eigenvalue weighted by Gasteiger charge is 2.21. The fourth-order valence-corrected chi connectivity index (χ4v) is 3.24. The van der Waals surface area contributed by atoms with Crippen molar-refractivity contribution >= 4 is 10.0 Å². The first-order valence-electron chi connectivity index (χ1n) is 6.32. The average molecular weight is 290 g/mol. The summed E-state index contributed by atoms with van der Waals surface area (Å²) in [6, 6.07) is 10.6. The summed E-state index contributed by atoms with van der Waals surface area (Å²) in [5.74, 6) is 0. The van der Waals surface area contributed by atoms with Gasteiger partial charge in [0.25, 0.3) is 0 Å². The number of hydrogen-bond donors (Lipinski definition) is 1. The van der Waals surface area contributed by atoms with Crippen molar-refractivity contribution in [1.82, 2.24) is 9.71 Å². The molecule has 1 N–H and O–H groups in total. The zero-order chi connectivity index (χ0) is 14.8. The van der Waals surface area contributed by atoms with Gasteiger partial charge in [0.05, 0.1) is 4.90 Å². The first-order valence-corrected chi connectivity index (χ1v) is 7.81. The number of pyridine rings is 1. The molecule has 0 saturated carbocycles. The van der Waals surface area contributed by atoms with E-state index in [-0.39, 0.29) is 4.90 Å². The summed E-state index contributed by atoms with van der Waals surface area (Å²) in [7, 11) is -3.48. The van der Waals surface area contributed by atoms with Crippen molar-refractivity contribution in [1.29, 1.82) is 0 Å². The number of hydrogen-bond acceptors (Lipinski definition) is 3. The lowest BCUT2D eigenvalue weighted by Crippen LogP contribution is -2.40. The summed E-state index contributed by atoms with van der Waals surface area (Å²) in [5.41, 5.74) is 1.40. The molecule has 0 unspecified atom stereocenters. The number of nitrogens with zero attached hydrogens (tertiary/aromatic N) is 1. The predicted octanol–water partition coefficient (Wildman–Crippen LogP) is 2.83. The van der Waals surface area contributed by atoms with E-state index in [1.54, 1.807) is 36.7 Å². The van der Waals surface area contributed by atoms with Crippen LogP contribution in [0.4, 0.5) is 0 Å². The van der Waals surface area contributed by atoms with Crippen molar-refractivity contribution in [3.63, 3.8) is 0 Å². The molecule has 0 fully saturated rings. The lowest BCUT2D eigenvalue weighted by atomic mass is 10.1. The third-order valence-electron chi connectivity index (χ3n) is 2.60. The van der Waals surface area contributed by atoms with Crippen LogP contribution in [0.2, 0.25) is 0 Å². The molecule has 106 valence electrons. The predicted molar refractivity (Wildman–Crippen MR) is 79.7 cm³/mol. The Hall–Kier alpha value is -1.72. The molecule has 0 atom stereocenters. The average Bonchev–Trinajstić information content (AvgIpc) is 2.37. The zero-order valence-electron chi connectivity index (χ0n) is 11.8. The van der Waals surface area contributed by atoms with Crippen LogP contribution in [0.25, 0.3) is 11.1 Å². The molecule has 1 aromatic heterocycles. The van der Waals surface area contributed by atoms with Gasteiger partial charge in [-0.05, 0) is 50.1 Å². The Labute approximate surface area is 119 Å². The minimum Gasteiger partial charge on any atom is -0.264 e. The molecular formula is C15H18N2O2S. The molecule has 0 bridgehead atoms. The van der Waals surface area contributed by atoms with Crippen LogP contribution in [-0.2, 0) is 10.0 Å². The number of benzene rings is 1. The van der Waals surface area contributed by atoms with Crippen LogP contribution >= 0.6 is 0 Å². The largest absolute Gasteiger partial charge is 0.264 e. The second-order valence-corrected chi connectivity index (χ2v) is 7.30. The quantitative estimate of drug-likeness (QED) is 0.945. The SMILES string of the molecule is CC(C)(C)NS(=O)(=O)c1ccc(-c2cccnc2)cc1. The molecule has 5 heteroatoms. The van der Waals surface area contributed by atoms with Crippen molar-refractivity contribution in [2.45, 2.75) is 31.2 Å². The van der Waals surface area contributed by atoms with Crippen molar-refractivity contribution in [2.75, 3.05) is 0 Å². The second-order valence-electron chi connectivity index (χ2n) is 5.62. The van der Waals surface area contributed by atoms with Gasteiger partial charge in [0, 0.05) is 17.9 Å². The van der Waals surface area contributed by atoms with E-state index in [9.17, 15) is 8.42 Å². The van der Waals surface area contributed by atoms with Crippen molar-refractivity contribution in [2.24, 2.45) is 0 Å². The van der Waals surface area contributed by atoms with Crippen LogP contribution in [0.1, 0.15) is 20.8 Å². The number of sulfonamides is 1. The van der Waals surface area contributed by atoms with Crippen LogP contribution < -0.4 is 4.72 Å². The molecule has 20 heavy (non-hydrogen) atoms. The Balaban J connectivity index is 2.29. The van der Waals surface area contributed by atoms with Gasteiger partial charge in [-0.1, -0.05) is 18.2 Å². The Morgan fingerprint density at radius 2 is 1.65 bits per heavy atom. The van der Waals surface area contributed by atoms with Crippen LogP contribution in [-0.4, -0.2) is 18.9 Å². The van der Waals surface area contributed by atoms with Crippen LogP contribution in [0.3, 0.4) is 0 Å². The Kier molecular flexibility index (Phi) is 3.92. The van der Waals surface area contributed by atoms with Crippen molar-refractivity contribution in [3.05, 3.63) is 48.8 Å². The third kappa shape index (κ3) is 3.65. The van der Waals surface area contributed by atoms with E-state index in [1.165, 1.54) is 0 Å². The highest BCUT2D eigenvalue weighted by molar-refractivity contribution is 7.89.